The molecule has 4 aliphatic rings. The van der Waals surface area contributed by atoms with Gasteiger partial charge >= 0.3 is 0 Å². The van der Waals surface area contributed by atoms with E-state index in [9.17, 15) is 5.11 Å². The van der Waals surface area contributed by atoms with Gasteiger partial charge in [0.15, 0.2) is 0 Å². The van der Waals surface area contributed by atoms with Crippen LogP contribution in [-0.2, 0) is 0 Å². The fraction of sp³-hybridized carbons (Fsp3) is 0.931. The van der Waals surface area contributed by atoms with E-state index in [-0.39, 0.29) is 5.41 Å². The highest BCUT2D eigenvalue weighted by Gasteiger charge is 2.65. The van der Waals surface area contributed by atoms with E-state index >= 15 is 0 Å². The lowest BCUT2D eigenvalue weighted by atomic mass is 9.35. The van der Waals surface area contributed by atoms with Crippen LogP contribution in [-0.4, -0.2) is 11.7 Å². The molecule has 0 aromatic carbocycles. The summed E-state index contributed by atoms with van der Waals surface area (Å²) >= 11 is 0. The number of hydrogen-bond acceptors (Lipinski definition) is 1. The first-order valence-electron chi connectivity index (χ1n) is 13.1. The molecule has 0 spiro atoms. The maximum absolute atomic E-state index is 10.1. The minimum atomic E-state index is 0.257. The van der Waals surface area contributed by atoms with Crippen LogP contribution >= 0.6 is 0 Å². The quantitative estimate of drug-likeness (QED) is 0.463. The van der Waals surface area contributed by atoms with E-state index in [1.54, 1.807) is 0 Å². The van der Waals surface area contributed by atoms with Gasteiger partial charge in [-0.25, -0.2) is 0 Å². The molecule has 30 heavy (non-hydrogen) atoms. The molecular formula is C29H50O. The second-order valence-electron chi connectivity index (χ2n) is 14.1. The molecule has 1 heteroatoms. The van der Waals surface area contributed by atoms with Crippen LogP contribution in [0.2, 0.25) is 0 Å². The standard InChI is InChI=1S/C29H50O/c1-20(2)21-11-12-29(8)24(27(21,6)17-18-30)10-9-22-23-19-25(3,4)13-14-26(23,5)15-16-28(22,29)7/h9,20-21,23-24,30H,10-19H2,1-8H3/t21-,23-,24+,26+,27-,28+,29+/m0/s1. The van der Waals surface area contributed by atoms with Gasteiger partial charge in [0, 0.05) is 6.61 Å². The molecule has 0 amide bonds. The van der Waals surface area contributed by atoms with Crippen molar-refractivity contribution in [2.45, 2.75) is 113 Å². The van der Waals surface area contributed by atoms with Gasteiger partial charge in [0.2, 0.25) is 0 Å². The highest BCUT2D eigenvalue weighted by molar-refractivity contribution is 5.33. The molecule has 172 valence electrons. The molecule has 7 atom stereocenters. The number of fused-ring (bicyclic) bond motifs is 5. The van der Waals surface area contributed by atoms with E-state index in [4.69, 9.17) is 0 Å². The van der Waals surface area contributed by atoms with Crippen LogP contribution in [0.1, 0.15) is 113 Å². The number of allylic oxidation sites excluding steroid dienone is 2. The van der Waals surface area contributed by atoms with Crippen molar-refractivity contribution in [2.75, 3.05) is 6.61 Å². The molecule has 0 unspecified atom stereocenters. The Bertz CT molecular complexity index is 703. The number of aliphatic hydroxyl groups is 1. The average Bonchev–Trinajstić information content (AvgIpc) is 2.64. The van der Waals surface area contributed by atoms with Crippen LogP contribution in [0, 0.1) is 50.7 Å². The van der Waals surface area contributed by atoms with Crippen LogP contribution in [0.3, 0.4) is 0 Å². The Morgan fingerprint density at radius 2 is 1.63 bits per heavy atom. The molecular weight excluding hydrogens is 364 g/mol. The molecule has 0 saturated heterocycles. The summed E-state index contributed by atoms with van der Waals surface area (Å²) < 4.78 is 0. The van der Waals surface area contributed by atoms with Crippen LogP contribution in [0.4, 0.5) is 0 Å². The second kappa shape index (κ2) is 7.10. The summed E-state index contributed by atoms with van der Waals surface area (Å²) in [6.45, 7) is 20.7. The van der Waals surface area contributed by atoms with Crippen molar-refractivity contribution < 1.29 is 5.11 Å². The van der Waals surface area contributed by atoms with Gasteiger partial charge < -0.3 is 5.11 Å². The third kappa shape index (κ3) is 3.03. The zero-order valence-electron chi connectivity index (χ0n) is 21.4. The van der Waals surface area contributed by atoms with Gasteiger partial charge in [-0.1, -0.05) is 67.0 Å². The van der Waals surface area contributed by atoms with E-state index < -0.39 is 0 Å². The molecule has 4 aliphatic carbocycles. The summed E-state index contributed by atoms with van der Waals surface area (Å²) in [6, 6.07) is 0. The average molecular weight is 415 g/mol. The molecule has 1 N–H and O–H groups in total. The van der Waals surface area contributed by atoms with Crippen molar-refractivity contribution in [1.82, 2.24) is 0 Å². The van der Waals surface area contributed by atoms with E-state index in [1.165, 1.54) is 51.4 Å². The monoisotopic (exact) mass is 414 g/mol. The highest BCUT2D eigenvalue weighted by atomic mass is 16.3. The Labute approximate surface area is 187 Å². The van der Waals surface area contributed by atoms with Crippen molar-refractivity contribution in [2.24, 2.45) is 50.7 Å². The molecule has 0 aliphatic heterocycles. The number of hydrogen-bond donors (Lipinski definition) is 1. The third-order valence-electron chi connectivity index (χ3n) is 11.9. The van der Waals surface area contributed by atoms with Gasteiger partial charge in [0.25, 0.3) is 0 Å². The Morgan fingerprint density at radius 1 is 0.967 bits per heavy atom. The topological polar surface area (TPSA) is 20.2 Å². The maximum atomic E-state index is 10.1. The second-order valence-corrected chi connectivity index (χ2v) is 14.1. The molecule has 0 aromatic rings. The fourth-order valence-corrected chi connectivity index (χ4v) is 9.61. The van der Waals surface area contributed by atoms with Crippen LogP contribution in [0.15, 0.2) is 11.6 Å². The zero-order chi connectivity index (χ0) is 22.2. The summed E-state index contributed by atoms with van der Waals surface area (Å²) in [7, 11) is 0. The van der Waals surface area contributed by atoms with Crippen LogP contribution < -0.4 is 0 Å². The third-order valence-corrected chi connectivity index (χ3v) is 11.9. The molecule has 3 saturated carbocycles. The highest BCUT2D eigenvalue weighted by Crippen LogP contribution is 2.73. The van der Waals surface area contributed by atoms with Gasteiger partial charge in [0.1, 0.15) is 0 Å². The van der Waals surface area contributed by atoms with Gasteiger partial charge in [-0.05, 0) is 109 Å². The largest absolute Gasteiger partial charge is 0.396 e. The van der Waals surface area contributed by atoms with Gasteiger partial charge in [-0.15, -0.1) is 0 Å². The smallest absolute Gasteiger partial charge is 0.0436 e. The normalized spacial score (nSPS) is 50.3. The Morgan fingerprint density at radius 3 is 2.27 bits per heavy atom. The Hall–Kier alpha value is -0.300. The predicted octanol–water partition coefficient (Wildman–Crippen LogP) is 8.03. The van der Waals surface area contributed by atoms with Crippen molar-refractivity contribution in [3.8, 4) is 0 Å². The summed E-state index contributed by atoms with van der Waals surface area (Å²) in [5.74, 6) is 2.93. The lowest BCUT2D eigenvalue weighted by Gasteiger charge is -2.69. The van der Waals surface area contributed by atoms with Crippen molar-refractivity contribution in [3.63, 3.8) is 0 Å². The zero-order valence-corrected chi connectivity index (χ0v) is 21.4. The minimum absolute atomic E-state index is 0.257. The van der Waals surface area contributed by atoms with Gasteiger partial charge in [-0.2, -0.15) is 0 Å². The van der Waals surface area contributed by atoms with Crippen molar-refractivity contribution >= 4 is 0 Å². The lowest BCUT2D eigenvalue weighted by molar-refractivity contribution is -0.156. The Kier molecular flexibility index (Phi) is 5.41. The molecule has 0 bridgehead atoms. The SMILES string of the molecule is CC(C)[C@@H]1CC[C@]2(C)[C@H](CC=C3[C@@H]4CC(C)(C)CC[C@]4(C)CC[C@]32C)[C@@]1(C)CCO. The summed E-state index contributed by atoms with van der Waals surface area (Å²) in [6.07, 6.45) is 14.7. The summed E-state index contributed by atoms with van der Waals surface area (Å²) in [4.78, 5) is 0. The van der Waals surface area contributed by atoms with E-state index in [0.717, 1.165) is 18.3 Å². The van der Waals surface area contributed by atoms with Gasteiger partial charge in [0.05, 0.1) is 0 Å². The molecule has 0 radical (unpaired) electrons. The van der Waals surface area contributed by atoms with E-state index in [0.29, 0.717) is 40.1 Å². The van der Waals surface area contributed by atoms with Crippen molar-refractivity contribution in [1.29, 1.82) is 0 Å². The van der Waals surface area contributed by atoms with Crippen LogP contribution in [0.25, 0.3) is 0 Å². The van der Waals surface area contributed by atoms with E-state index in [2.05, 4.69) is 61.5 Å². The lowest BCUT2D eigenvalue weighted by Crippen LogP contribution is -2.61. The van der Waals surface area contributed by atoms with E-state index in [1.807, 2.05) is 5.57 Å². The minimum Gasteiger partial charge on any atom is -0.396 e. The molecule has 4 rings (SSSR count). The van der Waals surface area contributed by atoms with Gasteiger partial charge in [-0.3, -0.25) is 0 Å². The summed E-state index contributed by atoms with van der Waals surface area (Å²) in [5, 5.41) is 10.1. The maximum Gasteiger partial charge on any atom is 0.0436 e. The fourth-order valence-electron chi connectivity index (χ4n) is 9.61. The molecule has 0 heterocycles. The Balaban J connectivity index is 1.79. The molecule has 1 nitrogen and oxygen atoms in total. The first kappa shape index (κ1) is 22.9. The first-order chi connectivity index (χ1) is 13.8. The predicted molar refractivity (Wildman–Crippen MR) is 128 cm³/mol. The molecule has 3 fully saturated rings. The number of rotatable bonds is 3. The summed E-state index contributed by atoms with van der Waals surface area (Å²) in [5.41, 5.74) is 3.83. The number of aliphatic hydroxyl groups excluding tert-OH is 1. The van der Waals surface area contributed by atoms with Crippen LogP contribution in [0.5, 0.6) is 0 Å². The first-order valence-corrected chi connectivity index (χ1v) is 13.1. The van der Waals surface area contributed by atoms with Crippen molar-refractivity contribution in [3.05, 3.63) is 11.6 Å². The molecule has 0 aromatic heterocycles.